The number of benzene rings is 2. The Morgan fingerprint density at radius 3 is 2.23 bits per heavy atom. The van der Waals surface area contributed by atoms with E-state index < -0.39 is 0 Å². The van der Waals surface area contributed by atoms with Gasteiger partial charge in [-0.25, -0.2) is 10.6 Å². The van der Waals surface area contributed by atoms with Gasteiger partial charge < -0.3 is 9.64 Å². The molecule has 1 aliphatic rings. The molecule has 1 atom stereocenters. The van der Waals surface area contributed by atoms with E-state index in [0.717, 1.165) is 37.4 Å². The van der Waals surface area contributed by atoms with Crippen LogP contribution >= 0.6 is 0 Å². The monoisotopic (exact) mass is 479 g/mol. The van der Waals surface area contributed by atoms with Crippen LogP contribution in [0.1, 0.15) is 32.3 Å². The molecule has 2 N–H and O–H groups in total. The van der Waals surface area contributed by atoms with E-state index in [-0.39, 0.29) is 24.0 Å². The van der Waals surface area contributed by atoms with Crippen LogP contribution in [0.5, 0.6) is 0 Å². The number of carbonyl (C=O) groups is 2. The molecule has 2 aromatic carbocycles. The lowest BCUT2D eigenvalue weighted by molar-refractivity contribution is -0.145. The molecule has 8 heteroatoms. The summed E-state index contributed by atoms with van der Waals surface area (Å²) in [5.41, 5.74) is 2.78. The quantitative estimate of drug-likeness (QED) is 0.255. The van der Waals surface area contributed by atoms with E-state index in [1.807, 2.05) is 75.4 Å². The van der Waals surface area contributed by atoms with Gasteiger partial charge in [0, 0.05) is 50.7 Å². The third-order valence-electron chi connectivity index (χ3n) is 6.25. The van der Waals surface area contributed by atoms with Crippen molar-refractivity contribution in [1.29, 1.82) is 0 Å². The smallest absolute Gasteiger partial charge is 0.342 e. The standard InChI is InChI=1S/C27H37N5O3/c1-5-31(27(34)32(28)21(3)4)24-14-12-23(13-15-24)30-18-16-29(17-19-30)20-25(26(33)35-6-2)22-10-8-7-9-11-22/h5,7-15,21,25H,1,6,16-20,28H2,2-4H3. The summed E-state index contributed by atoms with van der Waals surface area (Å²) in [7, 11) is 0. The number of amides is 2. The van der Waals surface area contributed by atoms with Crippen molar-refractivity contribution < 1.29 is 14.3 Å². The molecule has 1 aliphatic heterocycles. The summed E-state index contributed by atoms with van der Waals surface area (Å²) in [6.07, 6.45) is 1.48. The molecule has 0 saturated carbocycles. The fourth-order valence-corrected chi connectivity index (χ4v) is 4.15. The van der Waals surface area contributed by atoms with Gasteiger partial charge >= 0.3 is 12.0 Å². The summed E-state index contributed by atoms with van der Waals surface area (Å²) in [4.78, 5) is 31.3. The van der Waals surface area contributed by atoms with Gasteiger partial charge in [0.25, 0.3) is 0 Å². The number of ether oxygens (including phenoxy) is 1. The Kier molecular flexibility index (Phi) is 9.28. The summed E-state index contributed by atoms with van der Waals surface area (Å²) >= 11 is 0. The highest BCUT2D eigenvalue weighted by Crippen LogP contribution is 2.25. The first kappa shape index (κ1) is 26.2. The average molecular weight is 480 g/mol. The molecule has 8 nitrogen and oxygen atoms in total. The van der Waals surface area contributed by atoms with Crippen molar-refractivity contribution in [1.82, 2.24) is 9.91 Å². The molecule has 1 heterocycles. The first-order valence-corrected chi connectivity index (χ1v) is 12.1. The number of nitrogens with zero attached hydrogens (tertiary/aromatic N) is 4. The number of hydrazine groups is 1. The summed E-state index contributed by atoms with van der Waals surface area (Å²) in [5.74, 6) is 5.42. The number of esters is 1. The Morgan fingerprint density at radius 2 is 1.69 bits per heavy atom. The zero-order valence-corrected chi connectivity index (χ0v) is 21.0. The molecule has 3 rings (SSSR count). The van der Waals surface area contributed by atoms with Crippen LogP contribution in [-0.2, 0) is 9.53 Å². The topological polar surface area (TPSA) is 82.4 Å². The number of nitrogens with two attached hydrogens (primary N) is 1. The van der Waals surface area contributed by atoms with Crippen molar-refractivity contribution in [3.63, 3.8) is 0 Å². The van der Waals surface area contributed by atoms with E-state index in [0.29, 0.717) is 18.8 Å². The molecule has 1 unspecified atom stereocenters. The second kappa shape index (κ2) is 12.4. The highest BCUT2D eigenvalue weighted by atomic mass is 16.5. The Morgan fingerprint density at radius 1 is 1.06 bits per heavy atom. The van der Waals surface area contributed by atoms with Gasteiger partial charge in [-0.15, -0.1) is 0 Å². The van der Waals surface area contributed by atoms with E-state index in [1.54, 1.807) is 0 Å². The van der Waals surface area contributed by atoms with Gasteiger partial charge in [0.1, 0.15) is 0 Å². The maximum absolute atomic E-state index is 12.6. The third kappa shape index (κ3) is 6.61. The molecule has 0 aromatic heterocycles. The number of hydrogen-bond donors (Lipinski definition) is 1. The summed E-state index contributed by atoms with van der Waals surface area (Å²) < 4.78 is 5.35. The minimum atomic E-state index is -0.328. The van der Waals surface area contributed by atoms with Crippen molar-refractivity contribution in [2.24, 2.45) is 5.84 Å². The molecule has 188 valence electrons. The summed E-state index contributed by atoms with van der Waals surface area (Å²) in [6.45, 7) is 13.7. The normalized spacial score (nSPS) is 14.9. The zero-order valence-electron chi connectivity index (χ0n) is 21.0. The van der Waals surface area contributed by atoms with Gasteiger partial charge in [-0.2, -0.15) is 0 Å². The lowest BCUT2D eigenvalue weighted by atomic mass is 9.98. The Balaban J connectivity index is 1.61. The number of anilines is 2. The maximum Gasteiger partial charge on any atom is 0.342 e. The lowest BCUT2D eigenvalue weighted by Crippen LogP contribution is -2.49. The molecule has 2 amide bonds. The molecular weight excluding hydrogens is 442 g/mol. The third-order valence-corrected chi connectivity index (χ3v) is 6.25. The van der Waals surface area contributed by atoms with Gasteiger partial charge in [-0.3, -0.25) is 19.6 Å². The fourth-order valence-electron chi connectivity index (χ4n) is 4.15. The summed E-state index contributed by atoms with van der Waals surface area (Å²) in [5, 5.41) is 1.19. The number of hydrogen-bond acceptors (Lipinski definition) is 6. The minimum absolute atomic E-state index is 0.120. The summed E-state index contributed by atoms with van der Waals surface area (Å²) in [6, 6.07) is 17.2. The predicted octanol–water partition coefficient (Wildman–Crippen LogP) is 3.81. The molecule has 0 spiro atoms. The van der Waals surface area contributed by atoms with Gasteiger partial charge in [-0.1, -0.05) is 36.9 Å². The van der Waals surface area contributed by atoms with Gasteiger partial charge in [0.2, 0.25) is 0 Å². The van der Waals surface area contributed by atoms with Crippen LogP contribution in [-0.4, -0.2) is 67.3 Å². The van der Waals surface area contributed by atoms with Crippen LogP contribution < -0.4 is 15.6 Å². The molecule has 35 heavy (non-hydrogen) atoms. The van der Waals surface area contributed by atoms with Crippen molar-refractivity contribution in [2.45, 2.75) is 32.7 Å². The molecular formula is C27H37N5O3. The van der Waals surface area contributed by atoms with Gasteiger partial charge in [-0.05, 0) is 50.6 Å². The van der Waals surface area contributed by atoms with Crippen molar-refractivity contribution in [3.05, 3.63) is 72.9 Å². The fraction of sp³-hybridized carbons (Fsp3) is 0.407. The van der Waals surface area contributed by atoms with Crippen LogP contribution in [0.25, 0.3) is 0 Å². The molecule has 2 aromatic rings. The lowest BCUT2D eigenvalue weighted by Gasteiger charge is -2.37. The zero-order chi connectivity index (χ0) is 25.4. The van der Waals surface area contributed by atoms with Gasteiger partial charge in [0.15, 0.2) is 0 Å². The number of rotatable bonds is 9. The Labute approximate surface area is 208 Å². The molecule has 0 bridgehead atoms. The largest absolute Gasteiger partial charge is 0.465 e. The first-order chi connectivity index (χ1) is 16.8. The first-order valence-electron chi connectivity index (χ1n) is 12.1. The Bertz CT molecular complexity index is 972. The highest BCUT2D eigenvalue weighted by molar-refractivity contribution is 5.93. The van der Waals surface area contributed by atoms with Gasteiger partial charge in [0.05, 0.1) is 18.2 Å². The van der Waals surface area contributed by atoms with E-state index >= 15 is 0 Å². The second-order valence-corrected chi connectivity index (χ2v) is 8.86. The SMILES string of the molecule is C=CN(C(=O)N(N)C(C)C)c1ccc(N2CCN(CC(C(=O)OCC)c3ccccc3)CC2)cc1. The number of piperazine rings is 1. The Hall–Kier alpha value is -3.36. The van der Waals surface area contributed by atoms with E-state index in [1.165, 1.54) is 16.1 Å². The highest BCUT2D eigenvalue weighted by Gasteiger charge is 2.27. The average Bonchev–Trinajstić information content (AvgIpc) is 2.88. The van der Waals surface area contributed by atoms with Crippen LogP contribution in [0.2, 0.25) is 0 Å². The maximum atomic E-state index is 12.6. The van der Waals surface area contributed by atoms with Crippen LogP contribution in [0.4, 0.5) is 16.2 Å². The van der Waals surface area contributed by atoms with E-state index in [2.05, 4.69) is 16.4 Å². The molecule has 0 aliphatic carbocycles. The van der Waals surface area contributed by atoms with Crippen LogP contribution in [0.15, 0.2) is 67.4 Å². The van der Waals surface area contributed by atoms with Crippen LogP contribution in [0, 0.1) is 0 Å². The molecule has 1 fully saturated rings. The molecule has 1 saturated heterocycles. The van der Waals surface area contributed by atoms with E-state index in [4.69, 9.17) is 10.6 Å². The van der Waals surface area contributed by atoms with Crippen molar-refractivity contribution in [3.8, 4) is 0 Å². The van der Waals surface area contributed by atoms with Crippen molar-refractivity contribution in [2.75, 3.05) is 49.1 Å². The van der Waals surface area contributed by atoms with E-state index in [9.17, 15) is 9.59 Å². The number of urea groups is 1. The minimum Gasteiger partial charge on any atom is -0.465 e. The molecule has 0 radical (unpaired) electrons. The number of carbonyl (C=O) groups excluding carboxylic acids is 2. The predicted molar refractivity (Wildman–Crippen MR) is 140 cm³/mol. The second-order valence-electron chi connectivity index (χ2n) is 8.86. The van der Waals surface area contributed by atoms with Crippen LogP contribution in [0.3, 0.4) is 0 Å². The van der Waals surface area contributed by atoms with Crippen molar-refractivity contribution >= 4 is 23.4 Å².